The Balaban J connectivity index is 2.46. The number of amides is 1. The number of rotatable bonds is 3. The Hall–Kier alpha value is -2.35. The van der Waals surface area contributed by atoms with Crippen molar-refractivity contribution in [3.8, 4) is 11.3 Å². The number of hydrogen-bond donors (Lipinski definition) is 2. The number of sulfone groups is 1. The fourth-order valence-electron chi connectivity index (χ4n) is 1.54. The Bertz CT molecular complexity index is 732. The maximum absolute atomic E-state index is 11.3. The predicted molar refractivity (Wildman–Crippen MR) is 68.0 cm³/mol. The molecule has 2 aromatic rings. The zero-order valence-corrected chi connectivity index (χ0v) is 10.8. The van der Waals surface area contributed by atoms with Crippen LogP contribution < -0.4 is 11.5 Å². The van der Waals surface area contributed by atoms with E-state index in [0.717, 1.165) is 6.26 Å². The van der Waals surface area contributed by atoms with Crippen molar-refractivity contribution >= 4 is 21.4 Å². The molecule has 2 rings (SSSR count). The molecule has 0 aliphatic rings. The number of nitrogens with zero attached hydrogens (tertiary/aromatic N) is 1. The molecule has 0 aliphatic heterocycles. The minimum Gasteiger partial charge on any atom is -0.394 e. The molecule has 0 atom stereocenters. The molecule has 0 unspecified atom stereocenters. The summed E-state index contributed by atoms with van der Waals surface area (Å²) in [5.74, 6) is -1.04. The van der Waals surface area contributed by atoms with E-state index in [1.165, 1.54) is 24.3 Å². The van der Waals surface area contributed by atoms with Crippen LogP contribution in [0.1, 0.15) is 10.6 Å². The first kappa shape index (κ1) is 13.1. The van der Waals surface area contributed by atoms with E-state index in [2.05, 4.69) is 5.16 Å². The molecular weight excluding hydrogens is 270 g/mol. The van der Waals surface area contributed by atoms with Crippen LogP contribution in [0.2, 0.25) is 0 Å². The third kappa shape index (κ3) is 2.43. The van der Waals surface area contributed by atoms with Gasteiger partial charge in [-0.25, -0.2) is 8.42 Å². The van der Waals surface area contributed by atoms with Gasteiger partial charge in [0.2, 0.25) is 5.76 Å². The van der Waals surface area contributed by atoms with Gasteiger partial charge < -0.3 is 16.0 Å². The van der Waals surface area contributed by atoms with Crippen molar-refractivity contribution in [2.24, 2.45) is 5.73 Å². The summed E-state index contributed by atoms with van der Waals surface area (Å²) in [6.07, 6.45) is 1.11. The van der Waals surface area contributed by atoms with E-state index in [-0.39, 0.29) is 22.0 Å². The molecule has 1 aromatic carbocycles. The van der Waals surface area contributed by atoms with Gasteiger partial charge in [0.05, 0.1) is 4.90 Å². The number of carbonyl (C=O) groups is 1. The first-order valence-electron chi connectivity index (χ1n) is 5.16. The number of carbonyl (C=O) groups excluding carboxylic acids is 1. The van der Waals surface area contributed by atoms with Gasteiger partial charge in [0.25, 0.3) is 5.91 Å². The fourth-order valence-corrected chi connectivity index (χ4v) is 2.17. The zero-order chi connectivity index (χ0) is 14.2. The summed E-state index contributed by atoms with van der Waals surface area (Å²) in [6.45, 7) is 0. The largest absolute Gasteiger partial charge is 0.394 e. The quantitative estimate of drug-likeness (QED) is 0.839. The molecule has 0 aliphatic carbocycles. The number of hydrogen-bond acceptors (Lipinski definition) is 6. The third-order valence-electron chi connectivity index (χ3n) is 2.51. The Kier molecular flexibility index (Phi) is 3.03. The van der Waals surface area contributed by atoms with Crippen LogP contribution in [0, 0.1) is 0 Å². The predicted octanol–water partition coefficient (Wildman–Crippen LogP) is 0.426. The summed E-state index contributed by atoms with van der Waals surface area (Å²) in [5, 5.41) is 3.65. The second-order valence-electron chi connectivity index (χ2n) is 3.93. The molecule has 1 amide bonds. The first-order chi connectivity index (χ1) is 8.80. The van der Waals surface area contributed by atoms with Gasteiger partial charge in [0.1, 0.15) is 11.4 Å². The van der Waals surface area contributed by atoms with Gasteiger partial charge in [0, 0.05) is 11.8 Å². The molecule has 4 N–H and O–H groups in total. The van der Waals surface area contributed by atoms with Crippen molar-refractivity contribution in [2.75, 3.05) is 12.0 Å². The Labute approximate surface area is 109 Å². The Morgan fingerprint density at radius 3 is 2.26 bits per heavy atom. The molecule has 7 nitrogen and oxygen atoms in total. The van der Waals surface area contributed by atoms with Crippen LogP contribution in [0.25, 0.3) is 11.3 Å². The number of anilines is 1. The van der Waals surface area contributed by atoms with Gasteiger partial charge in [-0.2, -0.15) is 0 Å². The monoisotopic (exact) mass is 281 g/mol. The average Bonchev–Trinajstić information content (AvgIpc) is 2.70. The molecular formula is C11H11N3O4S. The van der Waals surface area contributed by atoms with Crippen molar-refractivity contribution in [3.63, 3.8) is 0 Å². The molecule has 1 aromatic heterocycles. The molecule has 0 fully saturated rings. The molecule has 0 saturated carbocycles. The molecule has 0 spiro atoms. The minimum absolute atomic E-state index is 0.0274. The molecule has 8 heteroatoms. The highest BCUT2D eigenvalue weighted by Gasteiger charge is 2.19. The highest BCUT2D eigenvalue weighted by atomic mass is 32.2. The van der Waals surface area contributed by atoms with Gasteiger partial charge in [-0.1, -0.05) is 17.3 Å². The first-order valence-corrected chi connectivity index (χ1v) is 7.05. The van der Waals surface area contributed by atoms with E-state index in [1.54, 1.807) is 0 Å². The second-order valence-corrected chi connectivity index (χ2v) is 5.95. The smallest absolute Gasteiger partial charge is 0.289 e. The SMILES string of the molecule is CS(=O)(=O)c1ccc(-c2noc(C(N)=O)c2N)cc1. The van der Waals surface area contributed by atoms with E-state index >= 15 is 0 Å². The van der Waals surface area contributed by atoms with Crippen LogP contribution in [-0.2, 0) is 9.84 Å². The van der Waals surface area contributed by atoms with Crippen LogP contribution in [0.4, 0.5) is 5.69 Å². The van der Waals surface area contributed by atoms with Gasteiger partial charge in [-0.05, 0) is 12.1 Å². The van der Waals surface area contributed by atoms with Crippen LogP contribution in [0.15, 0.2) is 33.7 Å². The van der Waals surface area contributed by atoms with E-state index in [4.69, 9.17) is 16.0 Å². The topological polar surface area (TPSA) is 129 Å². The molecule has 0 saturated heterocycles. The normalized spacial score (nSPS) is 11.4. The molecule has 100 valence electrons. The lowest BCUT2D eigenvalue weighted by molar-refractivity contribution is 0.0966. The number of aromatic nitrogens is 1. The minimum atomic E-state index is -3.27. The number of nitrogens with two attached hydrogens (primary N) is 2. The summed E-state index contributed by atoms with van der Waals surface area (Å²) in [5.41, 5.74) is 11.5. The van der Waals surface area contributed by atoms with Crippen LogP contribution in [-0.4, -0.2) is 25.7 Å². The van der Waals surface area contributed by atoms with Gasteiger partial charge in [-0.15, -0.1) is 0 Å². The van der Waals surface area contributed by atoms with Gasteiger partial charge in [-0.3, -0.25) is 4.79 Å². The summed E-state index contributed by atoms with van der Waals surface area (Å²) in [6, 6.07) is 5.89. The molecule has 0 bridgehead atoms. The molecule has 19 heavy (non-hydrogen) atoms. The average molecular weight is 281 g/mol. The number of primary amides is 1. The lowest BCUT2D eigenvalue weighted by atomic mass is 10.1. The van der Waals surface area contributed by atoms with Gasteiger partial charge in [0.15, 0.2) is 9.84 Å². The maximum atomic E-state index is 11.3. The lowest BCUT2D eigenvalue weighted by Crippen LogP contribution is -2.11. The lowest BCUT2D eigenvalue weighted by Gasteiger charge is -2.00. The van der Waals surface area contributed by atoms with E-state index < -0.39 is 15.7 Å². The van der Waals surface area contributed by atoms with Crippen molar-refractivity contribution in [1.82, 2.24) is 5.16 Å². The maximum Gasteiger partial charge on any atom is 0.289 e. The third-order valence-corrected chi connectivity index (χ3v) is 3.64. The standard InChI is InChI=1S/C11H11N3O4S/c1-19(16,17)7-4-2-6(3-5-7)9-8(12)10(11(13)15)18-14-9/h2-5H,12H2,1H3,(H2,13,15). The Morgan fingerprint density at radius 1 is 1.26 bits per heavy atom. The molecule has 0 radical (unpaired) electrons. The Morgan fingerprint density at radius 2 is 1.84 bits per heavy atom. The van der Waals surface area contributed by atoms with Crippen LogP contribution in [0.3, 0.4) is 0 Å². The van der Waals surface area contributed by atoms with Crippen LogP contribution >= 0.6 is 0 Å². The summed E-state index contributed by atoms with van der Waals surface area (Å²) < 4.78 is 27.4. The van der Waals surface area contributed by atoms with E-state index in [0.29, 0.717) is 5.56 Å². The van der Waals surface area contributed by atoms with Crippen molar-refractivity contribution in [1.29, 1.82) is 0 Å². The van der Waals surface area contributed by atoms with Crippen LogP contribution in [0.5, 0.6) is 0 Å². The second kappa shape index (κ2) is 4.39. The summed E-state index contributed by atoms with van der Waals surface area (Å²) >= 11 is 0. The van der Waals surface area contributed by atoms with Gasteiger partial charge >= 0.3 is 0 Å². The number of benzene rings is 1. The van der Waals surface area contributed by atoms with Crippen molar-refractivity contribution < 1.29 is 17.7 Å². The molecule has 1 heterocycles. The number of nitrogen functional groups attached to an aromatic ring is 1. The zero-order valence-electron chi connectivity index (χ0n) is 9.95. The highest BCUT2D eigenvalue weighted by molar-refractivity contribution is 7.90. The van der Waals surface area contributed by atoms with Crippen molar-refractivity contribution in [2.45, 2.75) is 4.90 Å². The highest BCUT2D eigenvalue weighted by Crippen LogP contribution is 2.28. The summed E-state index contributed by atoms with van der Waals surface area (Å²) in [4.78, 5) is 11.2. The fraction of sp³-hybridized carbons (Fsp3) is 0.0909. The van der Waals surface area contributed by atoms with E-state index in [9.17, 15) is 13.2 Å². The van der Waals surface area contributed by atoms with Crippen molar-refractivity contribution in [3.05, 3.63) is 30.0 Å². The van der Waals surface area contributed by atoms with E-state index in [1.807, 2.05) is 0 Å². The summed E-state index contributed by atoms with van der Waals surface area (Å²) in [7, 11) is -3.27.